The highest BCUT2D eigenvalue weighted by Gasteiger charge is 2.57. The zero-order valence-corrected chi connectivity index (χ0v) is 27.7. The van der Waals surface area contributed by atoms with Crippen LogP contribution in [0.2, 0.25) is 0 Å². The molecule has 0 saturated heterocycles. The van der Waals surface area contributed by atoms with E-state index in [-0.39, 0.29) is 7.12 Å². The smallest absolute Gasteiger partial charge is 0.344 e. The minimum Gasteiger partial charge on any atom is -0.344 e. The molecule has 8 aromatic carbocycles. The minimum absolute atomic E-state index is 0.0915. The normalized spacial score (nSPS) is 14.0. The number of para-hydroxylation sites is 1. The molecule has 49 heavy (non-hydrogen) atoms. The number of nitrogens with zero attached hydrogens (tertiary/aromatic N) is 3. The second-order valence-electron chi connectivity index (χ2n) is 13.3. The van der Waals surface area contributed by atoms with E-state index in [1.807, 2.05) is 0 Å². The molecule has 0 bridgehead atoms. The van der Waals surface area contributed by atoms with Gasteiger partial charge in [0.05, 0.1) is 11.4 Å². The molecule has 0 spiro atoms. The van der Waals surface area contributed by atoms with Crippen molar-refractivity contribution in [1.29, 1.82) is 0 Å². The molecule has 3 aliphatic heterocycles. The number of rotatable bonds is 4. The van der Waals surface area contributed by atoms with Crippen molar-refractivity contribution in [3.8, 4) is 0 Å². The summed E-state index contributed by atoms with van der Waals surface area (Å²) in [6, 6.07) is 68.2. The average Bonchev–Trinajstić information content (AvgIpc) is 3.53. The molecular formula is C44H30BN3Si. The Morgan fingerprint density at radius 1 is 0.327 bits per heavy atom. The summed E-state index contributed by atoms with van der Waals surface area (Å²) in [5, 5.41) is 10.7. The Kier molecular flexibility index (Phi) is 5.50. The van der Waals surface area contributed by atoms with Gasteiger partial charge < -0.3 is 14.4 Å². The molecule has 0 fully saturated rings. The van der Waals surface area contributed by atoms with E-state index < -0.39 is 8.07 Å². The molecule has 3 aliphatic rings. The van der Waals surface area contributed by atoms with Gasteiger partial charge in [-0.25, -0.2) is 0 Å². The van der Waals surface area contributed by atoms with Crippen LogP contribution in [0.5, 0.6) is 0 Å². The molecule has 0 N–H and O–H groups in total. The molecule has 228 valence electrons. The third-order valence-corrected chi connectivity index (χ3v) is 15.8. The summed E-state index contributed by atoms with van der Waals surface area (Å²) in [4.78, 5) is 7.89. The number of benzene rings is 8. The number of fused-ring (bicyclic) bond motifs is 7. The molecule has 0 aliphatic carbocycles. The standard InChI is InChI=1S/C44H30BN3Si/c1-4-19-33(20-5-1)49(34-21-6-2-7-22-34,35-23-8-3-9-24-35)41-30-14-29-40-44(41)48-39-28-13-18-32-17-11-26-37(43(32)39)46-36-25-10-15-31-16-12-27-38(42(31)36)47(40)45(46)48/h1-30H. The van der Waals surface area contributed by atoms with E-state index in [0.717, 1.165) is 0 Å². The lowest BCUT2D eigenvalue weighted by Crippen LogP contribution is -2.75. The first-order valence-corrected chi connectivity index (χ1v) is 19.1. The minimum atomic E-state index is -2.88. The summed E-state index contributed by atoms with van der Waals surface area (Å²) in [6.07, 6.45) is 0. The van der Waals surface area contributed by atoms with Crippen molar-refractivity contribution in [2.24, 2.45) is 0 Å². The van der Waals surface area contributed by atoms with Crippen molar-refractivity contribution in [2.45, 2.75) is 0 Å². The van der Waals surface area contributed by atoms with Crippen LogP contribution in [0.25, 0.3) is 21.5 Å². The molecule has 0 radical (unpaired) electrons. The lowest BCUT2D eigenvalue weighted by atomic mass is 9.75. The van der Waals surface area contributed by atoms with E-state index in [1.54, 1.807) is 0 Å². The molecule has 8 aromatic rings. The Morgan fingerprint density at radius 3 is 1.14 bits per heavy atom. The first-order valence-electron chi connectivity index (χ1n) is 17.1. The highest BCUT2D eigenvalue weighted by Crippen LogP contribution is 2.59. The van der Waals surface area contributed by atoms with Crippen LogP contribution in [0, 0.1) is 0 Å². The number of hydrogen-bond donors (Lipinski definition) is 0. The Hall–Kier alpha value is -6.04. The molecule has 11 rings (SSSR count). The van der Waals surface area contributed by atoms with Gasteiger partial charge in [-0.2, -0.15) is 0 Å². The monoisotopic (exact) mass is 639 g/mol. The van der Waals surface area contributed by atoms with E-state index in [2.05, 4.69) is 196 Å². The van der Waals surface area contributed by atoms with Crippen LogP contribution in [0.3, 0.4) is 0 Å². The van der Waals surface area contributed by atoms with Gasteiger partial charge in [-0.05, 0) is 61.9 Å². The Balaban J connectivity index is 1.33. The van der Waals surface area contributed by atoms with Gasteiger partial charge in [0.25, 0.3) is 0 Å². The molecule has 0 unspecified atom stereocenters. The maximum absolute atomic E-state index is 2.88. The summed E-state index contributed by atoms with van der Waals surface area (Å²) in [5.74, 6) is 0. The zero-order valence-electron chi connectivity index (χ0n) is 26.7. The van der Waals surface area contributed by atoms with Gasteiger partial charge in [0.1, 0.15) is 0 Å². The van der Waals surface area contributed by atoms with E-state index in [9.17, 15) is 0 Å². The summed E-state index contributed by atoms with van der Waals surface area (Å²) >= 11 is 0. The molecule has 0 atom stereocenters. The summed E-state index contributed by atoms with van der Waals surface area (Å²) in [7, 11) is -2.97. The fourth-order valence-corrected chi connectivity index (χ4v) is 14.1. The first-order chi connectivity index (χ1) is 24.4. The van der Waals surface area contributed by atoms with Gasteiger partial charge >= 0.3 is 7.12 Å². The average molecular weight is 640 g/mol. The van der Waals surface area contributed by atoms with Crippen molar-refractivity contribution in [2.75, 3.05) is 14.4 Å². The molecule has 0 amide bonds. The van der Waals surface area contributed by atoms with E-state index in [0.29, 0.717) is 0 Å². The quantitative estimate of drug-likeness (QED) is 0.142. The third kappa shape index (κ3) is 3.42. The molecule has 3 heterocycles. The van der Waals surface area contributed by atoms with Gasteiger partial charge in [0.15, 0.2) is 8.07 Å². The lowest BCUT2D eigenvalue weighted by Gasteiger charge is -2.46. The van der Waals surface area contributed by atoms with Gasteiger partial charge in [-0.3, -0.25) is 0 Å². The second kappa shape index (κ2) is 9.99. The van der Waals surface area contributed by atoms with Crippen molar-refractivity contribution < 1.29 is 0 Å². The van der Waals surface area contributed by atoms with Crippen molar-refractivity contribution in [1.82, 2.24) is 0 Å². The lowest BCUT2D eigenvalue weighted by molar-refractivity contribution is 1.25. The summed E-state index contributed by atoms with van der Waals surface area (Å²) in [5.41, 5.74) is 7.58. The first kappa shape index (κ1) is 27.0. The molecular weight excluding hydrogens is 609 g/mol. The molecule has 3 nitrogen and oxygen atoms in total. The van der Waals surface area contributed by atoms with Crippen LogP contribution < -0.4 is 35.2 Å². The fourth-order valence-electron chi connectivity index (χ4n) is 9.18. The maximum Gasteiger partial charge on any atom is 0.519 e. The SMILES string of the molecule is c1ccc([Si](c2ccccc2)(c2ccccc2)c2cccc3c2N2B4N3c3cccc5cccc(c35)N4c3cccc4cccc2c34)cc1. The van der Waals surface area contributed by atoms with Crippen LogP contribution in [0.15, 0.2) is 182 Å². The molecule has 0 aromatic heterocycles. The van der Waals surface area contributed by atoms with E-state index in [4.69, 9.17) is 0 Å². The topological polar surface area (TPSA) is 9.72 Å². The Bertz CT molecular complexity index is 2490. The third-order valence-electron chi connectivity index (χ3n) is 11.0. The van der Waals surface area contributed by atoms with Gasteiger partial charge in [0.2, 0.25) is 0 Å². The van der Waals surface area contributed by atoms with Crippen molar-refractivity contribution in [3.05, 3.63) is 182 Å². The van der Waals surface area contributed by atoms with Crippen LogP contribution in [0.4, 0.5) is 34.1 Å². The fraction of sp³-hybridized carbons (Fsp3) is 0. The van der Waals surface area contributed by atoms with Gasteiger partial charge in [-0.1, -0.05) is 152 Å². The summed E-state index contributed by atoms with van der Waals surface area (Å²) < 4.78 is 0. The Labute approximate surface area is 287 Å². The van der Waals surface area contributed by atoms with Gasteiger partial charge in [-0.15, -0.1) is 0 Å². The van der Waals surface area contributed by atoms with E-state index in [1.165, 1.54) is 76.4 Å². The van der Waals surface area contributed by atoms with Crippen LogP contribution in [-0.4, -0.2) is 15.2 Å². The van der Waals surface area contributed by atoms with Crippen molar-refractivity contribution in [3.63, 3.8) is 0 Å². The van der Waals surface area contributed by atoms with E-state index >= 15 is 0 Å². The van der Waals surface area contributed by atoms with Crippen LogP contribution in [0.1, 0.15) is 0 Å². The predicted octanol–water partition coefficient (Wildman–Crippen LogP) is 8.11. The molecule has 5 heteroatoms. The second-order valence-corrected chi connectivity index (χ2v) is 17.1. The Morgan fingerprint density at radius 2 is 0.694 bits per heavy atom. The predicted molar refractivity (Wildman–Crippen MR) is 210 cm³/mol. The van der Waals surface area contributed by atoms with Crippen LogP contribution >= 0.6 is 0 Å². The number of anilines is 6. The molecule has 0 saturated carbocycles. The van der Waals surface area contributed by atoms with Crippen LogP contribution in [-0.2, 0) is 0 Å². The highest BCUT2D eigenvalue weighted by molar-refractivity contribution is 7.20. The van der Waals surface area contributed by atoms with Gasteiger partial charge in [0, 0.05) is 33.5 Å². The number of hydrogen-bond acceptors (Lipinski definition) is 3. The largest absolute Gasteiger partial charge is 0.519 e. The summed E-state index contributed by atoms with van der Waals surface area (Å²) in [6.45, 7) is 0. The zero-order chi connectivity index (χ0) is 32.1. The maximum atomic E-state index is 2.67. The van der Waals surface area contributed by atoms with Crippen molar-refractivity contribution >= 4 is 91.6 Å². The highest BCUT2D eigenvalue weighted by atomic mass is 28.3.